The number of hydrogen-bond donors (Lipinski definition) is 4. The van der Waals surface area contributed by atoms with Gasteiger partial charge in [-0.15, -0.1) is 66.1 Å². The molecule has 13 heteroatoms. The molecule has 4 atom stereocenters. The summed E-state index contributed by atoms with van der Waals surface area (Å²) in [7, 11) is 0. The van der Waals surface area contributed by atoms with Gasteiger partial charge in [0.25, 0.3) is 0 Å². The van der Waals surface area contributed by atoms with Crippen LogP contribution in [-0.4, -0.2) is 112 Å². The normalized spacial score (nSPS) is 12.7. The molecule has 0 spiro atoms. The quantitative estimate of drug-likeness (QED) is 0.0158. The van der Waals surface area contributed by atoms with Gasteiger partial charge in [-0.05, 0) is 32.1 Å². The lowest BCUT2D eigenvalue weighted by atomic mass is 10.0. The summed E-state index contributed by atoms with van der Waals surface area (Å²) in [5, 5.41) is 38.8. The minimum Gasteiger partial charge on any atom is -0.463 e. The zero-order valence-corrected chi connectivity index (χ0v) is 38.8. The molecule has 0 aromatic rings. The molecule has 0 amide bonds. The fourth-order valence-electron chi connectivity index (χ4n) is 5.87. The second-order valence-electron chi connectivity index (χ2n) is 14.6. The zero-order chi connectivity index (χ0) is 42.5. The van der Waals surface area contributed by atoms with E-state index in [9.17, 15) is 30.0 Å². The molecule has 0 heterocycles. The van der Waals surface area contributed by atoms with Crippen molar-refractivity contribution in [2.75, 3.05) is 50.5 Å². The molecule has 0 aliphatic heterocycles. The van der Waals surface area contributed by atoms with Crippen molar-refractivity contribution in [2.24, 2.45) is 0 Å². The average Bonchev–Trinajstić information content (AvgIpc) is 3.15. The fraction of sp³-hybridized carbons (Fsp3) is 0.864. The summed E-state index contributed by atoms with van der Waals surface area (Å²) in [6, 6.07) is 0. The van der Waals surface area contributed by atoms with Crippen LogP contribution in [0.25, 0.3) is 0 Å². The van der Waals surface area contributed by atoms with Crippen LogP contribution in [0.3, 0.4) is 0 Å². The van der Waals surface area contributed by atoms with Crippen LogP contribution in [0.15, 0.2) is 12.7 Å². The lowest BCUT2D eigenvalue weighted by molar-refractivity contribution is -0.145. The largest absolute Gasteiger partial charge is 0.463 e. The molecule has 0 aliphatic carbocycles. The number of ether oxygens (including phenoxy) is 2. The van der Waals surface area contributed by atoms with Crippen LogP contribution < -0.4 is 0 Å². The lowest BCUT2D eigenvalue weighted by Crippen LogP contribution is -2.29. The Morgan fingerprint density at radius 2 is 0.912 bits per heavy atom. The summed E-state index contributed by atoms with van der Waals surface area (Å²) < 4.78 is 9.42. The van der Waals surface area contributed by atoms with Crippen molar-refractivity contribution >= 4 is 59.1 Å². The maximum atomic E-state index is 10.6. The minimum atomic E-state index is -0.775. The summed E-state index contributed by atoms with van der Waals surface area (Å²) in [4.78, 5) is 23.4. The molecule has 0 aromatic carbocycles. The Bertz CT molecular complexity index is 885. The summed E-state index contributed by atoms with van der Waals surface area (Å²) in [5.74, 6) is 3.80. The van der Waals surface area contributed by atoms with E-state index in [1.54, 1.807) is 0 Å². The molecule has 0 bridgehead atoms. The number of hydrogen-bond acceptors (Lipinski definition) is 9. The number of rotatable bonds is 37. The van der Waals surface area contributed by atoms with Gasteiger partial charge in [-0.2, -0.15) is 0 Å². The third-order valence-electron chi connectivity index (χ3n) is 9.05. The Morgan fingerprint density at radius 1 is 0.596 bits per heavy atom. The van der Waals surface area contributed by atoms with Gasteiger partial charge < -0.3 is 29.9 Å². The number of nitrogens with zero attached hydrogens (tertiary/aromatic N) is 1. The zero-order valence-electron chi connectivity index (χ0n) is 35.7. The summed E-state index contributed by atoms with van der Waals surface area (Å²) in [6.45, 7) is 8.91. The van der Waals surface area contributed by atoms with E-state index in [2.05, 4.69) is 17.4 Å². The number of unbranched alkanes of at least 4 members (excludes halogenated alkanes) is 18. The molecular weight excluding hydrogens is 812 g/mol. The first-order valence-corrected chi connectivity index (χ1v) is 23.0. The molecule has 9 nitrogen and oxygen atoms in total. The number of esters is 2. The van der Waals surface area contributed by atoms with Crippen molar-refractivity contribution in [1.29, 1.82) is 0 Å². The van der Waals surface area contributed by atoms with Crippen LogP contribution in [0.4, 0.5) is 0 Å². The molecule has 4 unspecified atom stereocenters. The summed E-state index contributed by atoms with van der Waals surface area (Å²) in [5.41, 5.74) is 0. The van der Waals surface area contributed by atoms with Gasteiger partial charge in [0, 0.05) is 70.4 Å². The number of aliphatic hydroxyl groups is 4. The second-order valence-corrected chi connectivity index (χ2v) is 15.7. The van der Waals surface area contributed by atoms with Crippen molar-refractivity contribution in [3.05, 3.63) is 12.7 Å². The topological polar surface area (TPSA) is 137 Å². The van der Waals surface area contributed by atoms with E-state index in [1.165, 1.54) is 97.3 Å². The molecule has 340 valence electrons. The highest BCUT2D eigenvalue weighted by Crippen LogP contribution is 2.15. The molecule has 0 rings (SSSR count). The van der Waals surface area contributed by atoms with Crippen LogP contribution >= 0.6 is 47.2 Å². The van der Waals surface area contributed by atoms with E-state index in [0.717, 1.165) is 64.6 Å². The van der Waals surface area contributed by atoms with E-state index in [-0.39, 0.29) is 38.5 Å². The number of allylic oxidation sites excluding steroid dienone is 1. The predicted molar refractivity (Wildman–Crippen MR) is 243 cm³/mol. The number of carbonyl (C=O) groups excluding carboxylic acids is 2. The van der Waals surface area contributed by atoms with Crippen LogP contribution in [0.1, 0.15) is 168 Å². The maximum absolute atomic E-state index is 10.6. The Morgan fingerprint density at radius 3 is 1.21 bits per heavy atom. The Kier molecular flexibility index (Phi) is 56.6. The summed E-state index contributed by atoms with van der Waals surface area (Å²) >= 11 is 16.6. The third-order valence-corrected chi connectivity index (χ3v) is 9.56. The van der Waals surface area contributed by atoms with Crippen molar-refractivity contribution in [1.82, 2.24) is 4.90 Å². The standard InChI is InChI=1S/C19H36O4.C19H34O4.C6H12Cl3N.ClH/c2*1-3-4-5-6-7-8-9-10-11-12-13-14-18(21)15-19(22)16-23-17(2)20;7-1-4-10(5-2-8)6-3-9;/h3,18-19,21-22H,1,4-16H2,2H3;1,18-19,21-22H,4-16H2,2H3;1-6H2;1H. The van der Waals surface area contributed by atoms with Crippen LogP contribution in [-0.2, 0) is 19.1 Å². The molecule has 0 fully saturated rings. The first-order valence-electron chi connectivity index (χ1n) is 21.4. The average molecular weight is 896 g/mol. The first-order chi connectivity index (χ1) is 27.0. The Hall–Kier alpha value is -0.800. The monoisotopic (exact) mass is 893 g/mol. The van der Waals surface area contributed by atoms with Gasteiger partial charge in [-0.3, -0.25) is 14.5 Å². The highest BCUT2D eigenvalue weighted by atomic mass is 35.5. The second kappa shape index (κ2) is 51.3. The molecule has 57 heavy (non-hydrogen) atoms. The number of terminal acetylenes is 1. The van der Waals surface area contributed by atoms with E-state index in [1.807, 2.05) is 6.08 Å². The number of aliphatic hydroxyl groups excluding tert-OH is 4. The maximum Gasteiger partial charge on any atom is 0.302 e. The van der Waals surface area contributed by atoms with Gasteiger partial charge in [-0.1, -0.05) is 109 Å². The molecule has 0 saturated heterocycles. The molecule has 4 N–H and O–H groups in total. The van der Waals surface area contributed by atoms with Crippen molar-refractivity contribution in [3.63, 3.8) is 0 Å². The van der Waals surface area contributed by atoms with Gasteiger partial charge in [0.1, 0.15) is 13.2 Å². The molecule has 0 aliphatic rings. The van der Waals surface area contributed by atoms with Crippen molar-refractivity contribution < 1.29 is 39.5 Å². The van der Waals surface area contributed by atoms with Crippen molar-refractivity contribution in [3.8, 4) is 12.3 Å². The van der Waals surface area contributed by atoms with Crippen LogP contribution in [0.2, 0.25) is 0 Å². The van der Waals surface area contributed by atoms with E-state index in [4.69, 9.17) is 50.7 Å². The van der Waals surface area contributed by atoms with Gasteiger partial charge in [-0.25, -0.2) is 0 Å². The number of carbonyl (C=O) groups is 2. The first kappa shape index (κ1) is 62.8. The molecule has 0 saturated carbocycles. The van der Waals surface area contributed by atoms with Gasteiger partial charge in [0.2, 0.25) is 0 Å². The van der Waals surface area contributed by atoms with Crippen LogP contribution in [0, 0.1) is 12.3 Å². The summed E-state index contributed by atoms with van der Waals surface area (Å²) in [6.07, 6.45) is 30.5. The van der Waals surface area contributed by atoms with E-state index < -0.39 is 36.4 Å². The fourth-order valence-corrected chi connectivity index (χ4v) is 6.59. The Labute approximate surface area is 369 Å². The van der Waals surface area contributed by atoms with Crippen LogP contribution in [0.5, 0.6) is 0 Å². The van der Waals surface area contributed by atoms with Gasteiger partial charge >= 0.3 is 11.9 Å². The smallest absolute Gasteiger partial charge is 0.302 e. The molecule has 0 aromatic heterocycles. The molecule has 0 radical (unpaired) electrons. The highest BCUT2D eigenvalue weighted by Gasteiger charge is 2.14. The van der Waals surface area contributed by atoms with Gasteiger partial charge in [0.15, 0.2) is 0 Å². The highest BCUT2D eigenvalue weighted by molar-refractivity contribution is 6.18. The van der Waals surface area contributed by atoms with E-state index in [0.29, 0.717) is 30.5 Å². The minimum absolute atomic E-state index is 0. The SMILES string of the molecule is C#CCCCCCCCCCCCC(O)CC(O)COC(C)=O.C=CCCCCCCCCCCCC(O)CC(O)COC(C)=O.Cl.ClCCN(CCCl)CCCl. The molecular formula is C44H83Cl4NO8. The predicted octanol–water partition coefficient (Wildman–Crippen LogP) is 10.2. The third kappa shape index (κ3) is 57.3. The van der Waals surface area contributed by atoms with Gasteiger partial charge in [0.05, 0.1) is 24.4 Å². The van der Waals surface area contributed by atoms with E-state index >= 15 is 0 Å². The number of alkyl halides is 3. The number of halogens is 4. The van der Waals surface area contributed by atoms with Crippen molar-refractivity contribution in [2.45, 2.75) is 192 Å². The Balaban J connectivity index is -0.000000394. The lowest BCUT2D eigenvalue weighted by Gasteiger charge is -2.17.